The Labute approximate surface area is 165 Å². The molecule has 2 N–H and O–H groups in total. The lowest BCUT2D eigenvalue weighted by molar-refractivity contribution is 0.779. The van der Waals surface area contributed by atoms with Crippen molar-refractivity contribution >= 4 is 41.3 Å². The maximum absolute atomic E-state index is 4.56. The van der Waals surface area contributed by atoms with Gasteiger partial charge in [0.25, 0.3) is 0 Å². The van der Waals surface area contributed by atoms with Crippen molar-refractivity contribution in [2.45, 2.75) is 33.6 Å². The number of aryl methyl sites for hydroxylation is 3. The van der Waals surface area contributed by atoms with E-state index < -0.39 is 0 Å². The molecule has 0 radical (unpaired) electrons. The zero-order valence-electron chi connectivity index (χ0n) is 14.7. The molecule has 2 heterocycles. The van der Waals surface area contributed by atoms with Crippen LogP contribution in [0.4, 0.5) is 0 Å². The van der Waals surface area contributed by atoms with Crippen LogP contribution >= 0.6 is 35.3 Å². The first-order valence-electron chi connectivity index (χ1n) is 7.87. The number of rotatable bonds is 6. The summed E-state index contributed by atoms with van der Waals surface area (Å²) in [6, 6.07) is 2.07. The number of pyridine rings is 1. The topological polar surface area (TPSA) is 62.2 Å². The number of halogens is 1. The molecule has 0 fully saturated rings. The SMILES string of the molecule is CN=C(NCCc1nc(C)c(C)s1)NCCc1ccncc1C.I. The fraction of sp³-hybridized carbons (Fsp3) is 0.471. The van der Waals surface area contributed by atoms with Gasteiger partial charge in [-0.2, -0.15) is 0 Å². The standard InChI is InChI=1S/C17H25N5S.HI/c1-12-11-19-8-5-15(12)6-9-20-17(18-4)21-10-7-16-22-13(2)14(3)23-16;/h5,8,11H,6-7,9-10H2,1-4H3,(H2,18,20,21);1H. The Morgan fingerprint density at radius 1 is 1.17 bits per heavy atom. The minimum absolute atomic E-state index is 0. The summed E-state index contributed by atoms with van der Waals surface area (Å²) in [6.07, 6.45) is 5.62. The van der Waals surface area contributed by atoms with Crippen LogP contribution in [0.2, 0.25) is 0 Å². The predicted octanol–water partition coefficient (Wildman–Crippen LogP) is 3.03. The molecule has 0 bridgehead atoms. The predicted molar refractivity (Wildman–Crippen MR) is 113 cm³/mol. The van der Waals surface area contributed by atoms with Gasteiger partial charge >= 0.3 is 0 Å². The van der Waals surface area contributed by atoms with Gasteiger partial charge in [-0.1, -0.05) is 0 Å². The fourth-order valence-corrected chi connectivity index (χ4v) is 3.19. The molecule has 0 aliphatic heterocycles. The van der Waals surface area contributed by atoms with Crippen LogP contribution in [-0.4, -0.2) is 36.1 Å². The van der Waals surface area contributed by atoms with Crippen molar-refractivity contribution in [2.75, 3.05) is 20.1 Å². The summed E-state index contributed by atoms with van der Waals surface area (Å²) in [5, 5.41) is 7.87. The quantitative estimate of drug-likeness (QED) is 0.396. The molecule has 5 nitrogen and oxygen atoms in total. The number of aromatic nitrogens is 2. The van der Waals surface area contributed by atoms with Gasteiger partial charge in [0.1, 0.15) is 0 Å². The third kappa shape index (κ3) is 6.35. The van der Waals surface area contributed by atoms with Crippen LogP contribution in [0.5, 0.6) is 0 Å². The molecule has 0 saturated heterocycles. The normalized spacial score (nSPS) is 11.1. The molecule has 0 amide bonds. The first-order chi connectivity index (χ1) is 11.1. The number of thiazole rings is 1. The van der Waals surface area contributed by atoms with E-state index in [9.17, 15) is 0 Å². The smallest absolute Gasteiger partial charge is 0.191 e. The second kappa shape index (κ2) is 10.6. The summed E-state index contributed by atoms with van der Waals surface area (Å²) in [7, 11) is 1.80. The summed E-state index contributed by atoms with van der Waals surface area (Å²) in [5.74, 6) is 0.835. The van der Waals surface area contributed by atoms with Gasteiger partial charge in [-0.25, -0.2) is 4.98 Å². The van der Waals surface area contributed by atoms with Gasteiger partial charge in [0.2, 0.25) is 0 Å². The van der Waals surface area contributed by atoms with Crippen LogP contribution in [-0.2, 0) is 12.8 Å². The number of nitrogens with zero attached hydrogens (tertiary/aromatic N) is 3. The maximum atomic E-state index is 4.56. The van der Waals surface area contributed by atoms with Crippen LogP contribution in [0.1, 0.15) is 26.7 Å². The lowest BCUT2D eigenvalue weighted by Gasteiger charge is -2.12. The summed E-state index contributed by atoms with van der Waals surface area (Å²) in [6.45, 7) is 7.95. The van der Waals surface area contributed by atoms with Crippen molar-refractivity contribution in [1.82, 2.24) is 20.6 Å². The molecule has 0 spiro atoms. The van der Waals surface area contributed by atoms with E-state index in [4.69, 9.17) is 0 Å². The third-order valence-corrected chi connectivity index (χ3v) is 4.88. The zero-order chi connectivity index (χ0) is 16.7. The Morgan fingerprint density at radius 2 is 1.88 bits per heavy atom. The van der Waals surface area contributed by atoms with Crippen molar-refractivity contribution in [2.24, 2.45) is 4.99 Å². The van der Waals surface area contributed by atoms with Crippen LogP contribution in [0.25, 0.3) is 0 Å². The lowest BCUT2D eigenvalue weighted by atomic mass is 10.1. The van der Waals surface area contributed by atoms with E-state index in [0.717, 1.165) is 37.6 Å². The Morgan fingerprint density at radius 3 is 2.46 bits per heavy atom. The molecule has 0 saturated carbocycles. The van der Waals surface area contributed by atoms with Gasteiger partial charge in [0, 0.05) is 43.8 Å². The van der Waals surface area contributed by atoms with Crippen molar-refractivity contribution in [1.29, 1.82) is 0 Å². The van der Waals surface area contributed by atoms with E-state index >= 15 is 0 Å². The monoisotopic (exact) mass is 459 g/mol. The molecule has 24 heavy (non-hydrogen) atoms. The largest absolute Gasteiger partial charge is 0.356 e. The summed E-state index contributed by atoms with van der Waals surface area (Å²) < 4.78 is 0. The molecule has 0 unspecified atom stereocenters. The first kappa shape index (κ1) is 20.8. The second-order valence-corrected chi connectivity index (χ2v) is 6.76. The van der Waals surface area contributed by atoms with Crippen LogP contribution in [0.3, 0.4) is 0 Å². The molecule has 2 aromatic heterocycles. The number of aliphatic imine (C=N–C) groups is 1. The Kier molecular flexibility index (Phi) is 9.20. The molecule has 132 valence electrons. The average molecular weight is 459 g/mol. The number of nitrogens with one attached hydrogen (secondary N) is 2. The van der Waals surface area contributed by atoms with Gasteiger partial charge in [-0.05, 0) is 44.4 Å². The van der Waals surface area contributed by atoms with E-state index in [2.05, 4.69) is 52.4 Å². The molecule has 0 aliphatic rings. The van der Waals surface area contributed by atoms with Crippen molar-refractivity contribution in [3.8, 4) is 0 Å². The highest BCUT2D eigenvalue weighted by atomic mass is 127. The van der Waals surface area contributed by atoms with Crippen LogP contribution < -0.4 is 10.6 Å². The third-order valence-electron chi connectivity index (χ3n) is 3.75. The van der Waals surface area contributed by atoms with Gasteiger partial charge in [-0.3, -0.25) is 9.98 Å². The molecule has 0 aromatic carbocycles. The van der Waals surface area contributed by atoms with Crippen LogP contribution in [0.15, 0.2) is 23.5 Å². The number of hydrogen-bond acceptors (Lipinski definition) is 4. The molecule has 7 heteroatoms. The zero-order valence-corrected chi connectivity index (χ0v) is 17.9. The highest BCUT2D eigenvalue weighted by molar-refractivity contribution is 14.0. The van der Waals surface area contributed by atoms with E-state index in [-0.39, 0.29) is 24.0 Å². The van der Waals surface area contributed by atoms with Gasteiger partial charge in [0.05, 0.1) is 10.7 Å². The molecular weight excluding hydrogens is 433 g/mol. The number of guanidine groups is 1. The van der Waals surface area contributed by atoms with Crippen LogP contribution in [0, 0.1) is 20.8 Å². The average Bonchev–Trinajstić information content (AvgIpc) is 2.86. The summed E-state index contributed by atoms with van der Waals surface area (Å²) >= 11 is 1.77. The minimum atomic E-state index is 0. The molecule has 2 aromatic rings. The van der Waals surface area contributed by atoms with Crippen molar-refractivity contribution in [3.05, 3.63) is 45.2 Å². The fourth-order valence-electron chi connectivity index (χ4n) is 2.25. The van der Waals surface area contributed by atoms with E-state index in [1.165, 1.54) is 21.0 Å². The Bertz CT molecular complexity index is 649. The van der Waals surface area contributed by atoms with Gasteiger partial charge in [0.15, 0.2) is 5.96 Å². The molecule has 0 aliphatic carbocycles. The summed E-state index contributed by atoms with van der Waals surface area (Å²) in [4.78, 5) is 14.2. The Hall–Kier alpha value is -1.22. The highest BCUT2D eigenvalue weighted by Crippen LogP contribution is 2.16. The lowest BCUT2D eigenvalue weighted by Crippen LogP contribution is -2.39. The van der Waals surface area contributed by atoms with Crippen molar-refractivity contribution < 1.29 is 0 Å². The molecule has 0 atom stereocenters. The van der Waals surface area contributed by atoms with Crippen molar-refractivity contribution in [3.63, 3.8) is 0 Å². The summed E-state index contributed by atoms with van der Waals surface area (Å²) in [5.41, 5.74) is 3.68. The first-order valence-corrected chi connectivity index (χ1v) is 8.68. The van der Waals surface area contributed by atoms with E-state index in [1.807, 2.05) is 12.4 Å². The van der Waals surface area contributed by atoms with Gasteiger partial charge < -0.3 is 10.6 Å². The molecule has 2 rings (SSSR count). The highest BCUT2D eigenvalue weighted by Gasteiger charge is 2.04. The minimum Gasteiger partial charge on any atom is -0.356 e. The van der Waals surface area contributed by atoms with E-state index in [1.54, 1.807) is 18.4 Å². The maximum Gasteiger partial charge on any atom is 0.191 e. The van der Waals surface area contributed by atoms with E-state index in [0.29, 0.717) is 0 Å². The Balaban J connectivity index is 0.00000288. The second-order valence-electron chi connectivity index (χ2n) is 5.48. The number of hydrogen-bond donors (Lipinski definition) is 2. The molecular formula is C17H26IN5S. The van der Waals surface area contributed by atoms with Gasteiger partial charge in [-0.15, -0.1) is 35.3 Å².